The van der Waals surface area contributed by atoms with E-state index in [1.807, 2.05) is 0 Å². The summed E-state index contributed by atoms with van der Waals surface area (Å²) in [6.07, 6.45) is 3.12. The van der Waals surface area contributed by atoms with Crippen LogP contribution in [-0.2, 0) is 9.59 Å². The number of aliphatic hydroxyl groups excluding tert-OH is 1. The van der Waals surface area contributed by atoms with Gasteiger partial charge in [-0.25, -0.2) is 0 Å². The number of aliphatic carboxylic acids is 1. The van der Waals surface area contributed by atoms with Crippen molar-refractivity contribution < 1.29 is 19.8 Å². The SMILES string of the molecule is O=C(NC1CCCCC1C(=O)O)C1CC(O)CN1. The first kappa shape index (κ1) is 13.3. The average Bonchev–Trinajstić information content (AvgIpc) is 2.76. The van der Waals surface area contributed by atoms with E-state index in [1.165, 1.54) is 0 Å². The summed E-state index contributed by atoms with van der Waals surface area (Å²) >= 11 is 0. The summed E-state index contributed by atoms with van der Waals surface area (Å²) < 4.78 is 0. The average molecular weight is 256 g/mol. The topological polar surface area (TPSA) is 98.7 Å². The predicted octanol–water partition coefficient (Wildman–Crippen LogP) is -0.531. The first-order valence-electron chi connectivity index (χ1n) is 6.52. The third-order valence-corrected chi connectivity index (χ3v) is 3.83. The number of aliphatic hydroxyl groups is 1. The number of carboxylic acid groups (broad SMARTS) is 1. The van der Waals surface area contributed by atoms with Crippen LogP contribution in [0.25, 0.3) is 0 Å². The fourth-order valence-corrected chi connectivity index (χ4v) is 2.80. The Hall–Kier alpha value is -1.14. The molecule has 0 spiro atoms. The van der Waals surface area contributed by atoms with Gasteiger partial charge in [0.1, 0.15) is 0 Å². The molecule has 4 unspecified atom stereocenters. The van der Waals surface area contributed by atoms with Gasteiger partial charge in [-0.2, -0.15) is 0 Å². The molecule has 18 heavy (non-hydrogen) atoms. The molecule has 4 atom stereocenters. The van der Waals surface area contributed by atoms with Crippen molar-refractivity contribution in [1.29, 1.82) is 0 Å². The second kappa shape index (κ2) is 5.67. The number of amides is 1. The molecule has 6 heteroatoms. The summed E-state index contributed by atoms with van der Waals surface area (Å²) in [5, 5.41) is 24.2. The van der Waals surface area contributed by atoms with Gasteiger partial charge in [-0.05, 0) is 19.3 Å². The van der Waals surface area contributed by atoms with Crippen molar-refractivity contribution in [3.05, 3.63) is 0 Å². The van der Waals surface area contributed by atoms with Crippen LogP contribution in [0.1, 0.15) is 32.1 Å². The van der Waals surface area contributed by atoms with E-state index < -0.39 is 24.0 Å². The van der Waals surface area contributed by atoms with Crippen molar-refractivity contribution in [1.82, 2.24) is 10.6 Å². The van der Waals surface area contributed by atoms with E-state index in [0.717, 1.165) is 19.3 Å². The van der Waals surface area contributed by atoms with E-state index in [0.29, 0.717) is 19.4 Å². The summed E-state index contributed by atoms with van der Waals surface area (Å²) in [5.41, 5.74) is 0. The van der Waals surface area contributed by atoms with Crippen LogP contribution in [0, 0.1) is 5.92 Å². The smallest absolute Gasteiger partial charge is 0.308 e. The molecule has 1 aliphatic carbocycles. The van der Waals surface area contributed by atoms with E-state index in [-0.39, 0.29) is 11.9 Å². The van der Waals surface area contributed by atoms with Crippen molar-refractivity contribution in [2.45, 2.75) is 50.3 Å². The highest BCUT2D eigenvalue weighted by Crippen LogP contribution is 2.25. The molecular weight excluding hydrogens is 236 g/mol. The second-order valence-corrected chi connectivity index (χ2v) is 5.19. The Labute approximate surface area is 106 Å². The molecule has 0 aromatic heterocycles. The van der Waals surface area contributed by atoms with Gasteiger partial charge >= 0.3 is 5.97 Å². The number of β-amino-alcohol motifs (C(OH)–C–C–N with tert-alkyl or cyclic N) is 1. The fraction of sp³-hybridized carbons (Fsp3) is 0.833. The number of carbonyl (C=O) groups excluding carboxylic acids is 1. The molecule has 2 fully saturated rings. The molecule has 1 heterocycles. The first-order valence-corrected chi connectivity index (χ1v) is 6.52. The van der Waals surface area contributed by atoms with Crippen molar-refractivity contribution in [2.75, 3.05) is 6.54 Å². The zero-order chi connectivity index (χ0) is 13.1. The first-order chi connectivity index (χ1) is 8.58. The van der Waals surface area contributed by atoms with E-state index in [2.05, 4.69) is 10.6 Å². The highest BCUT2D eigenvalue weighted by Gasteiger charge is 2.35. The maximum atomic E-state index is 11.9. The van der Waals surface area contributed by atoms with E-state index in [4.69, 9.17) is 5.11 Å². The number of carboxylic acids is 1. The highest BCUT2D eigenvalue weighted by molar-refractivity contribution is 5.83. The third-order valence-electron chi connectivity index (χ3n) is 3.83. The monoisotopic (exact) mass is 256 g/mol. The summed E-state index contributed by atoms with van der Waals surface area (Å²) in [6.45, 7) is 0.422. The standard InChI is InChI=1S/C12H20N2O4/c15-7-5-10(13-6-7)11(16)14-9-4-2-1-3-8(9)12(17)18/h7-10,13,15H,1-6H2,(H,14,16)(H,17,18). The van der Waals surface area contributed by atoms with Gasteiger partial charge in [0.2, 0.25) is 5.91 Å². The van der Waals surface area contributed by atoms with Crippen molar-refractivity contribution >= 4 is 11.9 Å². The molecule has 1 aliphatic heterocycles. The minimum Gasteiger partial charge on any atom is -0.481 e. The normalized spacial score (nSPS) is 36.3. The number of rotatable bonds is 3. The molecule has 0 aromatic rings. The molecule has 1 saturated carbocycles. The van der Waals surface area contributed by atoms with Gasteiger partial charge in [0, 0.05) is 12.6 Å². The fourth-order valence-electron chi connectivity index (χ4n) is 2.80. The molecular formula is C12H20N2O4. The van der Waals surface area contributed by atoms with Gasteiger partial charge in [-0.3, -0.25) is 9.59 Å². The molecule has 0 aromatic carbocycles. The van der Waals surface area contributed by atoms with Gasteiger partial charge in [0.15, 0.2) is 0 Å². The minimum absolute atomic E-state index is 0.190. The predicted molar refractivity (Wildman–Crippen MR) is 63.9 cm³/mol. The lowest BCUT2D eigenvalue weighted by Crippen LogP contribution is -2.50. The van der Waals surface area contributed by atoms with Gasteiger partial charge in [0.25, 0.3) is 0 Å². The van der Waals surface area contributed by atoms with Crippen molar-refractivity contribution in [2.24, 2.45) is 5.92 Å². The summed E-state index contributed by atoms with van der Waals surface area (Å²) in [7, 11) is 0. The Morgan fingerprint density at radius 3 is 2.56 bits per heavy atom. The van der Waals surface area contributed by atoms with Gasteiger partial charge in [-0.15, -0.1) is 0 Å². The summed E-state index contributed by atoms with van der Waals surface area (Å²) in [6, 6.07) is -0.667. The van der Waals surface area contributed by atoms with E-state index in [1.54, 1.807) is 0 Å². The number of carbonyl (C=O) groups is 2. The molecule has 2 aliphatic rings. The van der Waals surface area contributed by atoms with Crippen LogP contribution < -0.4 is 10.6 Å². The lowest BCUT2D eigenvalue weighted by molar-refractivity contribution is -0.144. The lowest BCUT2D eigenvalue weighted by Gasteiger charge is -2.30. The molecule has 6 nitrogen and oxygen atoms in total. The maximum absolute atomic E-state index is 11.9. The molecule has 0 radical (unpaired) electrons. The van der Waals surface area contributed by atoms with E-state index in [9.17, 15) is 14.7 Å². The number of hydrogen-bond donors (Lipinski definition) is 4. The maximum Gasteiger partial charge on any atom is 0.308 e. The Morgan fingerprint density at radius 1 is 1.22 bits per heavy atom. The Kier molecular flexibility index (Phi) is 4.19. The van der Waals surface area contributed by atoms with E-state index >= 15 is 0 Å². The van der Waals surface area contributed by atoms with Gasteiger partial charge < -0.3 is 20.8 Å². The van der Waals surface area contributed by atoms with Crippen LogP contribution in [0.4, 0.5) is 0 Å². The van der Waals surface area contributed by atoms with Crippen molar-refractivity contribution in [3.8, 4) is 0 Å². The Morgan fingerprint density at radius 2 is 1.94 bits per heavy atom. The molecule has 0 bridgehead atoms. The van der Waals surface area contributed by atoms with Crippen LogP contribution in [0.15, 0.2) is 0 Å². The van der Waals surface area contributed by atoms with Gasteiger partial charge in [0.05, 0.1) is 18.1 Å². The molecule has 1 amide bonds. The van der Waals surface area contributed by atoms with Crippen LogP contribution in [0.2, 0.25) is 0 Å². The molecule has 1 saturated heterocycles. The van der Waals surface area contributed by atoms with Crippen LogP contribution in [0.5, 0.6) is 0 Å². The summed E-state index contributed by atoms with van der Waals surface area (Å²) in [5.74, 6) is -1.50. The Balaban J connectivity index is 1.90. The van der Waals surface area contributed by atoms with Crippen LogP contribution >= 0.6 is 0 Å². The molecule has 4 N–H and O–H groups in total. The van der Waals surface area contributed by atoms with Crippen LogP contribution in [0.3, 0.4) is 0 Å². The molecule has 102 valence electrons. The summed E-state index contributed by atoms with van der Waals surface area (Å²) in [4.78, 5) is 23.1. The zero-order valence-electron chi connectivity index (χ0n) is 10.3. The van der Waals surface area contributed by atoms with Crippen LogP contribution in [-0.4, -0.2) is 46.8 Å². The Bertz CT molecular complexity index is 334. The zero-order valence-corrected chi connectivity index (χ0v) is 10.3. The highest BCUT2D eigenvalue weighted by atomic mass is 16.4. The minimum atomic E-state index is -0.834. The second-order valence-electron chi connectivity index (χ2n) is 5.19. The number of hydrogen-bond acceptors (Lipinski definition) is 4. The third kappa shape index (κ3) is 3.00. The quantitative estimate of drug-likeness (QED) is 0.544. The lowest BCUT2D eigenvalue weighted by atomic mass is 9.84. The van der Waals surface area contributed by atoms with Crippen molar-refractivity contribution in [3.63, 3.8) is 0 Å². The number of nitrogens with one attached hydrogen (secondary N) is 2. The molecule has 2 rings (SSSR count). The largest absolute Gasteiger partial charge is 0.481 e. The van der Waals surface area contributed by atoms with Gasteiger partial charge in [-0.1, -0.05) is 12.8 Å².